The maximum absolute atomic E-state index is 13.9. The maximum Gasteiger partial charge on any atom is 0.191 e. The van der Waals surface area contributed by atoms with Crippen LogP contribution in [0.4, 0.5) is 9.52 Å². The number of guanidine groups is 1. The molecule has 1 saturated carbocycles. The lowest BCUT2D eigenvalue weighted by Gasteiger charge is -2.11. The van der Waals surface area contributed by atoms with Gasteiger partial charge in [-0.05, 0) is 25.0 Å². The van der Waals surface area contributed by atoms with Crippen molar-refractivity contribution in [2.75, 3.05) is 25.5 Å². The van der Waals surface area contributed by atoms with Gasteiger partial charge in [-0.2, -0.15) is 0 Å². The second-order valence-corrected chi connectivity index (χ2v) is 7.16. The molecule has 1 aromatic carbocycles. The zero-order valence-electron chi connectivity index (χ0n) is 14.8. The second kappa shape index (κ2) is 7.82. The van der Waals surface area contributed by atoms with Gasteiger partial charge in [-0.25, -0.2) is 14.4 Å². The average molecular weight is 361 g/mol. The summed E-state index contributed by atoms with van der Waals surface area (Å²) in [7, 11) is 3.96. The van der Waals surface area contributed by atoms with E-state index >= 15 is 0 Å². The van der Waals surface area contributed by atoms with Gasteiger partial charge in [0.25, 0.3) is 0 Å². The number of halogens is 1. The second-order valence-electron chi connectivity index (χ2n) is 6.33. The molecule has 1 heterocycles. The zero-order chi connectivity index (χ0) is 17.8. The highest BCUT2D eigenvalue weighted by atomic mass is 32.1. The van der Waals surface area contributed by atoms with E-state index in [4.69, 9.17) is 0 Å². The van der Waals surface area contributed by atoms with Gasteiger partial charge in [-0.1, -0.05) is 18.2 Å². The molecule has 1 aliphatic carbocycles. The number of hydrogen-bond acceptors (Lipinski definition) is 4. The van der Waals surface area contributed by atoms with Crippen molar-refractivity contribution in [2.24, 2.45) is 4.99 Å². The fourth-order valence-corrected chi connectivity index (χ4v) is 3.45. The molecule has 0 saturated heterocycles. The van der Waals surface area contributed by atoms with Crippen LogP contribution in [0, 0.1) is 5.82 Å². The van der Waals surface area contributed by atoms with Crippen LogP contribution in [0.3, 0.4) is 0 Å². The lowest BCUT2D eigenvalue weighted by molar-refractivity contribution is 0.607. The minimum absolute atomic E-state index is 0.127. The summed E-state index contributed by atoms with van der Waals surface area (Å²) in [6.07, 6.45) is 0.923. The highest BCUT2D eigenvalue weighted by molar-refractivity contribution is 7.13. The number of nitrogens with one attached hydrogen (secondary N) is 2. The van der Waals surface area contributed by atoms with Crippen LogP contribution in [0.15, 0.2) is 34.6 Å². The van der Waals surface area contributed by atoms with Crippen molar-refractivity contribution in [2.45, 2.75) is 31.8 Å². The van der Waals surface area contributed by atoms with Crippen molar-refractivity contribution in [3.8, 4) is 0 Å². The Morgan fingerprint density at radius 1 is 1.40 bits per heavy atom. The van der Waals surface area contributed by atoms with Crippen molar-refractivity contribution in [3.63, 3.8) is 0 Å². The Hall–Kier alpha value is -2.15. The Morgan fingerprint density at radius 3 is 2.88 bits per heavy atom. The molecule has 2 N–H and O–H groups in total. The van der Waals surface area contributed by atoms with E-state index in [0.29, 0.717) is 6.54 Å². The molecule has 0 amide bonds. The molecule has 3 rings (SSSR count). The largest absolute Gasteiger partial charge is 0.357 e. The van der Waals surface area contributed by atoms with Crippen LogP contribution in [0.2, 0.25) is 0 Å². The van der Waals surface area contributed by atoms with Crippen LogP contribution in [0.5, 0.6) is 0 Å². The molecule has 5 nitrogen and oxygen atoms in total. The van der Waals surface area contributed by atoms with Gasteiger partial charge in [0.2, 0.25) is 0 Å². The van der Waals surface area contributed by atoms with Gasteiger partial charge in [0.1, 0.15) is 5.82 Å². The summed E-state index contributed by atoms with van der Waals surface area (Å²) >= 11 is 1.61. The molecule has 1 aromatic heterocycles. The normalized spacial score (nSPS) is 19.6. The van der Waals surface area contributed by atoms with Crippen LogP contribution < -0.4 is 15.5 Å². The predicted octanol–water partition coefficient (Wildman–Crippen LogP) is 2.96. The van der Waals surface area contributed by atoms with Gasteiger partial charge >= 0.3 is 0 Å². The number of aliphatic imine (C=N–C) groups is 1. The number of nitrogens with zero attached hydrogens (tertiary/aromatic N) is 3. The Labute approximate surface area is 152 Å². The quantitative estimate of drug-likeness (QED) is 0.614. The molecule has 2 unspecified atom stereocenters. The third-order valence-corrected chi connectivity index (χ3v) is 5.14. The molecular weight excluding hydrogens is 337 g/mol. The van der Waals surface area contributed by atoms with Crippen molar-refractivity contribution in [1.29, 1.82) is 0 Å². The Kier molecular flexibility index (Phi) is 5.53. The first-order chi connectivity index (χ1) is 12.1. The highest BCUT2D eigenvalue weighted by Crippen LogP contribution is 2.41. The fraction of sp³-hybridized carbons (Fsp3) is 0.444. The summed E-state index contributed by atoms with van der Waals surface area (Å²) in [4.78, 5) is 11.1. The molecule has 0 radical (unpaired) electrons. The lowest BCUT2D eigenvalue weighted by atomic mass is 10.1. The monoisotopic (exact) mass is 361 g/mol. The number of benzene rings is 1. The predicted molar refractivity (Wildman–Crippen MR) is 102 cm³/mol. The maximum atomic E-state index is 13.9. The van der Waals surface area contributed by atoms with E-state index in [1.807, 2.05) is 43.4 Å². The molecule has 2 aromatic rings. The lowest BCUT2D eigenvalue weighted by Crippen LogP contribution is -2.39. The van der Waals surface area contributed by atoms with Gasteiger partial charge < -0.3 is 15.5 Å². The van der Waals surface area contributed by atoms with E-state index in [0.717, 1.165) is 35.3 Å². The summed E-state index contributed by atoms with van der Waals surface area (Å²) in [5.41, 5.74) is 1.73. The minimum Gasteiger partial charge on any atom is -0.357 e. The molecule has 0 spiro atoms. The molecule has 0 bridgehead atoms. The smallest absolute Gasteiger partial charge is 0.191 e. The molecule has 2 atom stereocenters. The molecule has 25 heavy (non-hydrogen) atoms. The zero-order valence-corrected chi connectivity index (χ0v) is 15.6. The molecular formula is C18H24FN5S. The summed E-state index contributed by atoms with van der Waals surface area (Å²) < 4.78 is 13.9. The third-order valence-electron chi connectivity index (χ3n) is 4.08. The molecule has 0 aliphatic heterocycles. The van der Waals surface area contributed by atoms with E-state index in [-0.39, 0.29) is 17.8 Å². The van der Waals surface area contributed by atoms with Crippen molar-refractivity contribution in [3.05, 3.63) is 46.7 Å². The Morgan fingerprint density at radius 2 is 2.20 bits per heavy atom. The van der Waals surface area contributed by atoms with E-state index in [9.17, 15) is 4.39 Å². The molecule has 1 aliphatic rings. The van der Waals surface area contributed by atoms with Crippen molar-refractivity contribution < 1.29 is 4.39 Å². The van der Waals surface area contributed by atoms with Crippen LogP contribution in [-0.4, -0.2) is 37.6 Å². The van der Waals surface area contributed by atoms with Crippen LogP contribution in [0.25, 0.3) is 0 Å². The first-order valence-electron chi connectivity index (χ1n) is 8.49. The standard InChI is InChI=1S/C18H24FN5S/c1-4-20-17(21-10-12-11-25-18(22-12)24(2)3)23-16-9-14(16)13-7-5-6-8-15(13)19/h5-8,11,14,16H,4,9-10H2,1-3H3,(H2,20,21,23). The summed E-state index contributed by atoms with van der Waals surface area (Å²) in [6.45, 7) is 3.34. The van der Waals surface area contributed by atoms with Crippen molar-refractivity contribution >= 4 is 22.4 Å². The average Bonchev–Trinajstić information content (AvgIpc) is 3.17. The van der Waals surface area contributed by atoms with E-state index in [1.54, 1.807) is 17.4 Å². The van der Waals surface area contributed by atoms with Crippen LogP contribution >= 0.6 is 11.3 Å². The van der Waals surface area contributed by atoms with E-state index in [1.165, 1.54) is 6.07 Å². The molecule has 7 heteroatoms. The minimum atomic E-state index is -0.127. The molecule has 134 valence electrons. The first-order valence-corrected chi connectivity index (χ1v) is 9.37. The van der Waals surface area contributed by atoms with E-state index in [2.05, 4.69) is 20.6 Å². The summed E-state index contributed by atoms with van der Waals surface area (Å²) in [5, 5.41) is 9.66. The SMILES string of the molecule is CCNC(=NCc1csc(N(C)C)n1)NC1CC1c1ccccc1F. The first kappa shape index (κ1) is 17.7. The van der Waals surface area contributed by atoms with Gasteiger partial charge in [0.05, 0.1) is 12.2 Å². The third kappa shape index (κ3) is 4.48. The number of hydrogen-bond donors (Lipinski definition) is 2. The van der Waals surface area contributed by atoms with Gasteiger partial charge in [-0.3, -0.25) is 0 Å². The summed E-state index contributed by atoms with van der Waals surface area (Å²) in [6, 6.07) is 7.23. The summed E-state index contributed by atoms with van der Waals surface area (Å²) in [5.74, 6) is 0.841. The van der Waals surface area contributed by atoms with Crippen LogP contribution in [-0.2, 0) is 6.54 Å². The van der Waals surface area contributed by atoms with Gasteiger partial charge in [0.15, 0.2) is 11.1 Å². The number of rotatable bonds is 6. The van der Waals surface area contributed by atoms with Crippen LogP contribution in [0.1, 0.15) is 30.5 Å². The van der Waals surface area contributed by atoms with Gasteiger partial charge in [0, 0.05) is 38.0 Å². The van der Waals surface area contributed by atoms with E-state index < -0.39 is 0 Å². The highest BCUT2D eigenvalue weighted by Gasteiger charge is 2.40. The van der Waals surface area contributed by atoms with Crippen molar-refractivity contribution in [1.82, 2.24) is 15.6 Å². The number of aromatic nitrogens is 1. The van der Waals surface area contributed by atoms with Gasteiger partial charge in [-0.15, -0.1) is 11.3 Å². The number of anilines is 1. The number of thiazole rings is 1. The Bertz CT molecular complexity index is 743. The molecule has 1 fully saturated rings. The fourth-order valence-electron chi connectivity index (χ4n) is 2.70. The Balaban J connectivity index is 1.61. The topological polar surface area (TPSA) is 52.6 Å².